The van der Waals surface area contributed by atoms with E-state index in [-0.39, 0.29) is 12.4 Å². The Bertz CT molecular complexity index is 716. The van der Waals surface area contributed by atoms with E-state index in [0.717, 1.165) is 0 Å². The van der Waals surface area contributed by atoms with Crippen LogP contribution in [0, 0.1) is 0 Å². The van der Waals surface area contributed by atoms with Crippen LogP contribution in [0.15, 0.2) is 22.1 Å². The van der Waals surface area contributed by atoms with Crippen molar-refractivity contribution < 1.29 is 27.6 Å². The fraction of sp³-hybridized carbons (Fsp3) is 0.600. The summed E-state index contributed by atoms with van der Waals surface area (Å²) in [6.07, 6.45) is 0.681. The number of aliphatic hydroxyl groups is 1. The summed E-state index contributed by atoms with van der Waals surface area (Å²) in [7, 11) is -3.79. The molecule has 1 aliphatic heterocycles. The summed E-state index contributed by atoms with van der Waals surface area (Å²) in [4.78, 5) is 11.7. The van der Waals surface area contributed by atoms with Gasteiger partial charge in [0.25, 0.3) is 5.91 Å². The van der Waals surface area contributed by atoms with Gasteiger partial charge in [-0.1, -0.05) is 25.6 Å². The Balaban J connectivity index is 2.08. The molecule has 2 rings (SSSR count). The van der Waals surface area contributed by atoms with Crippen LogP contribution in [0.3, 0.4) is 0 Å². The van der Waals surface area contributed by atoms with Gasteiger partial charge in [0, 0.05) is 24.7 Å². The van der Waals surface area contributed by atoms with Crippen LogP contribution < -0.4 is 5.32 Å². The highest BCUT2D eigenvalue weighted by atomic mass is 32.2. The van der Waals surface area contributed by atoms with E-state index in [1.54, 1.807) is 13.8 Å². The molecular formula is C15H22N2O6S. The number of rotatable bonds is 6. The van der Waals surface area contributed by atoms with Crippen molar-refractivity contribution in [2.75, 3.05) is 25.1 Å². The zero-order chi connectivity index (χ0) is 18.0. The quantitative estimate of drug-likeness (QED) is 0.728. The lowest BCUT2D eigenvalue weighted by atomic mass is 9.92. The van der Waals surface area contributed by atoms with Crippen LogP contribution in [0.1, 0.15) is 32.4 Å². The molecule has 1 fully saturated rings. The Kier molecular flexibility index (Phi) is 5.46. The molecule has 0 spiro atoms. The summed E-state index contributed by atoms with van der Waals surface area (Å²) in [5, 5.41) is 14.7. The molecule has 9 heteroatoms. The van der Waals surface area contributed by atoms with Gasteiger partial charge in [0.15, 0.2) is 15.7 Å². The number of amides is 1. The van der Waals surface area contributed by atoms with Gasteiger partial charge in [-0.05, 0) is 12.8 Å². The lowest BCUT2D eigenvalue weighted by molar-refractivity contribution is -0.112. The minimum Gasteiger partial charge on any atom is -0.395 e. The summed E-state index contributed by atoms with van der Waals surface area (Å²) < 4.78 is 35.1. The molecule has 0 aromatic carbocycles. The predicted molar refractivity (Wildman–Crippen MR) is 87.1 cm³/mol. The van der Waals surface area contributed by atoms with Gasteiger partial charge in [-0.3, -0.25) is 4.79 Å². The molecule has 2 heterocycles. The second kappa shape index (κ2) is 7.04. The van der Waals surface area contributed by atoms with Crippen LogP contribution in [-0.4, -0.2) is 49.7 Å². The molecule has 0 bridgehead atoms. The van der Waals surface area contributed by atoms with Gasteiger partial charge in [0.1, 0.15) is 10.7 Å². The number of aliphatic hydroxyl groups excluding tert-OH is 1. The fourth-order valence-corrected chi connectivity index (χ4v) is 3.76. The van der Waals surface area contributed by atoms with E-state index < -0.39 is 31.3 Å². The number of carbonyl (C=O) groups excluding carboxylic acids is 1. The monoisotopic (exact) mass is 358 g/mol. The molecule has 1 amide bonds. The molecule has 134 valence electrons. The molecule has 0 saturated carbocycles. The summed E-state index contributed by atoms with van der Waals surface area (Å²) in [5.41, 5.74) is -0.666. The van der Waals surface area contributed by atoms with E-state index in [1.807, 2.05) is 0 Å². The maximum Gasteiger partial charge on any atom is 0.267 e. The van der Waals surface area contributed by atoms with Gasteiger partial charge >= 0.3 is 0 Å². The first-order chi connectivity index (χ1) is 11.2. The molecule has 0 atom stereocenters. The van der Waals surface area contributed by atoms with Gasteiger partial charge in [0.05, 0.1) is 11.9 Å². The topological polar surface area (TPSA) is 119 Å². The number of carbonyl (C=O) groups is 1. The molecule has 2 N–H and O–H groups in total. The molecule has 0 aliphatic carbocycles. The number of ether oxygens (including phenoxy) is 1. The third-order valence-electron chi connectivity index (χ3n) is 4.02. The number of anilines is 1. The Morgan fingerprint density at radius 3 is 2.67 bits per heavy atom. The molecular weight excluding hydrogens is 336 g/mol. The minimum absolute atomic E-state index is 0.0693. The van der Waals surface area contributed by atoms with Gasteiger partial charge in [-0.25, -0.2) is 8.42 Å². The summed E-state index contributed by atoms with van der Waals surface area (Å²) in [5.74, 6) is -0.402. The third kappa shape index (κ3) is 3.85. The van der Waals surface area contributed by atoms with Crippen LogP contribution in [0.4, 0.5) is 5.82 Å². The highest BCUT2D eigenvalue weighted by Gasteiger charge is 2.34. The van der Waals surface area contributed by atoms with Crippen molar-refractivity contribution >= 4 is 21.6 Å². The normalized spacial score (nSPS) is 16.8. The number of nitrogens with zero attached hydrogens (tertiary/aromatic N) is 1. The number of nitrogens with one attached hydrogen (secondary N) is 1. The Labute approximate surface area is 140 Å². The number of hydrogen-bond acceptors (Lipinski definition) is 7. The van der Waals surface area contributed by atoms with E-state index >= 15 is 0 Å². The van der Waals surface area contributed by atoms with Crippen molar-refractivity contribution in [3.63, 3.8) is 0 Å². The second-order valence-corrected chi connectivity index (χ2v) is 8.60. The van der Waals surface area contributed by atoms with Crippen LogP contribution in [0.5, 0.6) is 0 Å². The van der Waals surface area contributed by atoms with Crippen LogP contribution in [-0.2, 0) is 24.8 Å². The molecule has 0 radical (unpaired) electrons. The Hall–Kier alpha value is -1.71. The number of sulfone groups is 1. The first kappa shape index (κ1) is 18.6. The first-order valence-corrected chi connectivity index (χ1v) is 9.13. The zero-order valence-corrected chi connectivity index (χ0v) is 14.6. The molecule has 1 saturated heterocycles. The van der Waals surface area contributed by atoms with Crippen molar-refractivity contribution in [1.82, 2.24) is 5.16 Å². The van der Waals surface area contributed by atoms with Crippen molar-refractivity contribution in [3.05, 3.63) is 23.3 Å². The third-order valence-corrected chi connectivity index (χ3v) is 6.24. The van der Waals surface area contributed by atoms with Crippen LogP contribution in [0.25, 0.3) is 0 Å². The van der Waals surface area contributed by atoms with Crippen molar-refractivity contribution in [2.24, 2.45) is 0 Å². The molecule has 8 nitrogen and oxygen atoms in total. The van der Waals surface area contributed by atoms with Gasteiger partial charge in [-0.15, -0.1) is 0 Å². The molecule has 24 heavy (non-hydrogen) atoms. The highest BCUT2D eigenvalue weighted by molar-refractivity contribution is 7.96. The largest absolute Gasteiger partial charge is 0.395 e. The number of hydrogen-bond donors (Lipinski definition) is 2. The molecule has 1 aromatic heterocycles. The molecule has 1 aromatic rings. The summed E-state index contributed by atoms with van der Waals surface area (Å²) in [6.45, 7) is 7.45. The lowest BCUT2D eigenvalue weighted by Gasteiger charge is -2.22. The van der Waals surface area contributed by atoms with E-state index in [9.17, 15) is 18.3 Å². The summed E-state index contributed by atoms with van der Waals surface area (Å²) >= 11 is 0. The van der Waals surface area contributed by atoms with E-state index in [4.69, 9.17) is 9.26 Å². The number of aromatic nitrogens is 1. The summed E-state index contributed by atoms with van der Waals surface area (Å²) in [6, 6.07) is 1.45. The van der Waals surface area contributed by atoms with Gasteiger partial charge < -0.3 is 19.7 Å². The van der Waals surface area contributed by atoms with Gasteiger partial charge in [-0.2, -0.15) is 0 Å². The zero-order valence-electron chi connectivity index (χ0n) is 13.7. The molecule has 0 unspecified atom stereocenters. The van der Waals surface area contributed by atoms with Crippen molar-refractivity contribution in [3.8, 4) is 0 Å². The maximum absolute atomic E-state index is 12.4. The average molecular weight is 358 g/mol. The lowest BCUT2D eigenvalue weighted by Crippen LogP contribution is -2.33. The minimum atomic E-state index is -3.79. The highest BCUT2D eigenvalue weighted by Crippen LogP contribution is 2.26. The van der Waals surface area contributed by atoms with Crippen LogP contribution in [0.2, 0.25) is 0 Å². The first-order valence-electron chi connectivity index (χ1n) is 7.58. The van der Waals surface area contributed by atoms with Crippen molar-refractivity contribution in [1.29, 1.82) is 0 Å². The van der Waals surface area contributed by atoms with Gasteiger partial charge in [0.2, 0.25) is 0 Å². The van der Waals surface area contributed by atoms with E-state index in [2.05, 4.69) is 17.1 Å². The average Bonchev–Trinajstić information content (AvgIpc) is 3.04. The van der Waals surface area contributed by atoms with Crippen LogP contribution >= 0.6 is 0 Å². The fourth-order valence-electron chi connectivity index (χ4n) is 2.23. The second-order valence-electron chi connectivity index (χ2n) is 6.35. The van der Waals surface area contributed by atoms with E-state index in [0.29, 0.717) is 31.8 Å². The maximum atomic E-state index is 12.4. The Morgan fingerprint density at radius 2 is 2.08 bits per heavy atom. The Morgan fingerprint density at radius 1 is 1.46 bits per heavy atom. The predicted octanol–water partition coefficient (Wildman–Crippen LogP) is 0.990. The standard InChI is InChI=1S/C15H22N2O6S/c1-10(24(20,21)11-4-6-22-7-5-11)14(19)16-13-8-12(23-17-13)15(2,3)9-18/h8,11,18H,1,4-7,9H2,2-3H3,(H,16,17,19). The van der Waals surface area contributed by atoms with E-state index in [1.165, 1.54) is 6.07 Å². The molecule has 1 aliphatic rings. The smallest absolute Gasteiger partial charge is 0.267 e. The SMILES string of the molecule is C=C(C(=O)Nc1cc(C(C)(C)CO)on1)S(=O)(=O)C1CCOCC1. The van der Waals surface area contributed by atoms with Crippen molar-refractivity contribution in [2.45, 2.75) is 37.4 Å².